The fourth-order valence-electron chi connectivity index (χ4n) is 2.70. The summed E-state index contributed by atoms with van der Waals surface area (Å²) < 4.78 is 16.3. The third kappa shape index (κ3) is 12.6. The molecular formula is C22H35N3O9. The van der Waals surface area contributed by atoms with Crippen LogP contribution < -0.4 is 15.4 Å². The van der Waals surface area contributed by atoms with Crippen LogP contribution in [0, 0.1) is 0 Å². The number of carbonyl (C=O) groups is 3. The van der Waals surface area contributed by atoms with Crippen molar-refractivity contribution in [1.82, 2.24) is 10.7 Å². The molecule has 1 amide bonds. The Hall–Kier alpha value is -2.61. The summed E-state index contributed by atoms with van der Waals surface area (Å²) in [5.41, 5.74) is 0.786. The first-order valence-corrected chi connectivity index (χ1v) is 11.0. The van der Waals surface area contributed by atoms with Gasteiger partial charge in [0.25, 0.3) is 0 Å². The predicted molar refractivity (Wildman–Crippen MR) is 121 cm³/mol. The number of benzene rings is 1. The standard InChI is InChI=1S/C22H35N3O9/c1-5-6-21(27)24-17-7-8-20(19(11-17)16(4)26)32-13-18(12-23-15(2)3)34-22(28)14-31-9-10-33-25(29)30/h7-8,11,15,18,23,29-30H,5-6,9-10,12-14H2,1-4H3,(H,24,27). The lowest BCUT2D eigenvalue weighted by molar-refractivity contribution is -0.493. The molecule has 192 valence electrons. The number of Topliss-reactive ketones (excluding diaryl/α,β-unsaturated/α-hetero) is 1. The molecule has 12 nitrogen and oxygen atoms in total. The third-order valence-corrected chi connectivity index (χ3v) is 4.25. The summed E-state index contributed by atoms with van der Waals surface area (Å²) in [6.07, 6.45) is 0.408. The van der Waals surface area contributed by atoms with E-state index in [0.717, 1.165) is 0 Å². The topological polar surface area (TPSA) is 156 Å². The van der Waals surface area contributed by atoms with Gasteiger partial charge in [-0.3, -0.25) is 20.0 Å². The van der Waals surface area contributed by atoms with E-state index in [2.05, 4.69) is 15.5 Å². The first-order valence-electron chi connectivity index (χ1n) is 11.0. The number of hydrogen-bond donors (Lipinski definition) is 4. The Balaban J connectivity index is 2.74. The normalized spacial score (nSPS) is 12.0. The lowest BCUT2D eigenvalue weighted by Gasteiger charge is -2.21. The maximum absolute atomic E-state index is 12.1. The maximum atomic E-state index is 12.1. The lowest BCUT2D eigenvalue weighted by Crippen LogP contribution is -2.39. The van der Waals surface area contributed by atoms with E-state index in [1.807, 2.05) is 20.8 Å². The van der Waals surface area contributed by atoms with Crippen LogP contribution in [-0.4, -0.2) is 78.6 Å². The van der Waals surface area contributed by atoms with E-state index >= 15 is 0 Å². The van der Waals surface area contributed by atoms with Crippen LogP contribution in [0.25, 0.3) is 0 Å². The zero-order valence-corrected chi connectivity index (χ0v) is 20.0. The number of ether oxygens (including phenoxy) is 3. The molecule has 0 radical (unpaired) electrons. The first-order chi connectivity index (χ1) is 16.1. The van der Waals surface area contributed by atoms with Gasteiger partial charge in [0, 0.05) is 24.7 Å². The molecule has 0 aromatic heterocycles. The summed E-state index contributed by atoms with van der Waals surface area (Å²) in [4.78, 5) is 40.4. The predicted octanol–water partition coefficient (Wildman–Crippen LogP) is 1.95. The molecule has 0 saturated carbocycles. The molecule has 1 aromatic rings. The van der Waals surface area contributed by atoms with Crippen molar-refractivity contribution < 1.29 is 43.8 Å². The summed E-state index contributed by atoms with van der Waals surface area (Å²) in [6.45, 7) is 6.83. The van der Waals surface area contributed by atoms with Crippen molar-refractivity contribution in [1.29, 1.82) is 0 Å². The summed E-state index contributed by atoms with van der Waals surface area (Å²) >= 11 is 0. The van der Waals surface area contributed by atoms with E-state index < -0.39 is 17.5 Å². The number of amides is 1. The van der Waals surface area contributed by atoms with Gasteiger partial charge in [-0.25, -0.2) is 9.63 Å². The second-order valence-electron chi connectivity index (χ2n) is 7.69. The smallest absolute Gasteiger partial charge is 0.332 e. The van der Waals surface area contributed by atoms with Gasteiger partial charge >= 0.3 is 5.97 Å². The Morgan fingerprint density at radius 3 is 2.50 bits per heavy atom. The molecule has 1 aromatic carbocycles. The molecule has 1 atom stereocenters. The van der Waals surface area contributed by atoms with Crippen molar-refractivity contribution in [3.8, 4) is 5.75 Å². The zero-order chi connectivity index (χ0) is 25.5. The third-order valence-electron chi connectivity index (χ3n) is 4.25. The lowest BCUT2D eigenvalue weighted by atomic mass is 10.1. The van der Waals surface area contributed by atoms with Crippen molar-refractivity contribution in [3.05, 3.63) is 23.8 Å². The first kappa shape index (κ1) is 29.4. The van der Waals surface area contributed by atoms with Gasteiger partial charge in [-0.2, -0.15) is 0 Å². The summed E-state index contributed by atoms with van der Waals surface area (Å²) in [6, 6.07) is 4.91. The Morgan fingerprint density at radius 2 is 1.88 bits per heavy atom. The van der Waals surface area contributed by atoms with Crippen molar-refractivity contribution in [2.45, 2.75) is 52.7 Å². The highest BCUT2D eigenvalue weighted by Gasteiger charge is 2.18. The monoisotopic (exact) mass is 485 g/mol. The second-order valence-corrected chi connectivity index (χ2v) is 7.69. The van der Waals surface area contributed by atoms with Gasteiger partial charge in [-0.1, -0.05) is 20.8 Å². The molecule has 0 bridgehead atoms. The number of nitrogens with zero attached hydrogens (tertiary/aromatic N) is 1. The zero-order valence-electron chi connectivity index (χ0n) is 20.0. The van der Waals surface area contributed by atoms with Crippen molar-refractivity contribution in [2.75, 3.05) is 38.3 Å². The van der Waals surface area contributed by atoms with Crippen molar-refractivity contribution >= 4 is 23.3 Å². The number of anilines is 1. The van der Waals surface area contributed by atoms with Crippen LogP contribution in [0.4, 0.5) is 5.69 Å². The van der Waals surface area contributed by atoms with Crippen LogP contribution in [0.1, 0.15) is 50.9 Å². The van der Waals surface area contributed by atoms with Gasteiger partial charge < -0.3 is 24.8 Å². The molecule has 0 heterocycles. The van der Waals surface area contributed by atoms with Crippen LogP contribution in [0.5, 0.6) is 5.75 Å². The highest BCUT2D eigenvalue weighted by Crippen LogP contribution is 2.24. The SMILES string of the molecule is CCCC(=O)Nc1ccc(OCC(CNC(C)C)OC(=O)COCCON(O)O)c(C(C)=O)c1. The van der Waals surface area contributed by atoms with Crippen molar-refractivity contribution in [2.24, 2.45) is 0 Å². The van der Waals surface area contributed by atoms with E-state index in [4.69, 9.17) is 24.6 Å². The summed E-state index contributed by atoms with van der Waals surface area (Å²) in [5.74, 6) is -0.728. The van der Waals surface area contributed by atoms with Gasteiger partial charge in [0.2, 0.25) is 5.91 Å². The van der Waals surface area contributed by atoms with Gasteiger partial charge in [-0.15, -0.1) is 0 Å². The van der Waals surface area contributed by atoms with Crippen LogP contribution >= 0.6 is 0 Å². The van der Waals surface area contributed by atoms with Gasteiger partial charge in [0.1, 0.15) is 25.1 Å². The number of nitrogens with one attached hydrogen (secondary N) is 2. The molecule has 4 N–H and O–H groups in total. The average molecular weight is 486 g/mol. The highest BCUT2D eigenvalue weighted by atomic mass is 17.1. The molecular weight excluding hydrogens is 450 g/mol. The minimum atomic E-state index is -0.677. The second kappa shape index (κ2) is 16.1. The summed E-state index contributed by atoms with van der Waals surface area (Å²) in [5, 5.41) is 22.3. The number of esters is 1. The highest BCUT2D eigenvalue weighted by molar-refractivity contribution is 5.99. The molecule has 34 heavy (non-hydrogen) atoms. The number of rotatable bonds is 17. The minimum Gasteiger partial charge on any atom is -0.489 e. The Morgan fingerprint density at radius 1 is 1.15 bits per heavy atom. The van der Waals surface area contributed by atoms with Crippen LogP contribution in [0.3, 0.4) is 0 Å². The molecule has 1 rings (SSSR count). The Labute approximate surface area is 199 Å². The number of carbonyl (C=O) groups excluding carboxylic acids is 3. The van der Waals surface area contributed by atoms with E-state index in [1.165, 1.54) is 6.92 Å². The Kier molecular flexibility index (Phi) is 13.9. The van der Waals surface area contributed by atoms with Gasteiger partial charge in [0.05, 0.1) is 24.2 Å². The molecule has 1 unspecified atom stereocenters. The molecule has 0 aliphatic carbocycles. The van der Waals surface area contributed by atoms with E-state index in [1.54, 1.807) is 18.2 Å². The fourth-order valence-corrected chi connectivity index (χ4v) is 2.70. The molecule has 0 spiro atoms. The van der Waals surface area contributed by atoms with Crippen LogP contribution in [-0.2, 0) is 23.9 Å². The van der Waals surface area contributed by atoms with E-state index in [0.29, 0.717) is 36.4 Å². The fraction of sp³-hybridized carbons (Fsp3) is 0.591. The average Bonchev–Trinajstić information content (AvgIpc) is 2.75. The summed E-state index contributed by atoms with van der Waals surface area (Å²) in [7, 11) is 0. The van der Waals surface area contributed by atoms with E-state index in [9.17, 15) is 14.4 Å². The largest absolute Gasteiger partial charge is 0.489 e. The van der Waals surface area contributed by atoms with Crippen molar-refractivity contribution in [3.63, 3.8) is 0 Å². The minimum absolute atomic E-state index is 0.0274. The van der Waals surface area contributed by atoms with Crippen LogP contribution in [0.2, 0.25) is 0 Å². The van der Waals surface area contributed by atoms with Gasteiger partial charge in [-0.05, 0) is 31.5 Å². The molecule has 0 saturated heterocycles. The number of hydrogen-bond acceptors (Lipinski definition) is 11. The van der Waals surface area contributed by atoms with E-state index in [-0.39, 0.29) is 44.2 Å². The Bertz CT molecular complexity index is 787. The molecule has 0 aliphatic rings. The molecule has 12 heteroatoms. The quantitative estimate of drug-likeness (QED) is 0.111. The van der Waals surface area contributed by atoms with Gasteiger partial charge in [0.15, 0.2) is 5.78 Å². The number of ketones is 1. The van der Waals surface area contributed by atoms with Crippen LogP contribution in [0.15, 0.2) is 18.2 Å². The maximum Gasteiger partial charge on any atom is 0.332 e. The molecule has 0 fully saturated rings. The molecule has 0 aliphatic heterocycles.